The van der Waals surface area contributed by atoms with Crippen molar-refractivity contribution in [3.8, 4) is 5.75 Å². The van der Waals surface area contributed by atoms with Crippen LogP contribution in [0.1, 0.15) is 34.7 Å². The Morgan fingerprint density at radius 3 is 2.95 bits per heavy atom. The molecule has 1 amide bonds. The molecule has 0 bridgehead atoms. The Morgan fingerprint density at radius 1 is 1.35 bits per heavy atom. The first kappa shape index (κ1) is 12.8. The Morgan fingerprint density at radius 2 is 2.20 bits per heavy atom. The fraction of sp³-hybridized carbons (Fsp3) is 0.312. The quantitative estimate of drug-likeness (QED) is 0.909. The maximum absolute atomic E-state index is 11.8. The van der Waals surface area contributed by atoms with Crippen molar-refractivity contribution in [1.82, 2.24) is 5.32 Å². The summed E-state index contributed by atoms with van der Waals surface area (Å²) in [5.74, 6) is 1.65. The minimum Gasteiger partial charge on any atom is -0.486 e. The first-order valence-corrected chi connectivity index (χ1v) is 6.80. The number of aryl methyl sites for hydroxylation is 1. The molecule has 0 atom stereocenters. The molecule has 0 unspecified atom stereocenters. The lowest BCUT2D eigenvalue weighted by molar-refractivity contribution is 0.0919. The Bertz CT molecular complexity index is 614. The summed E-state index contributed by atoms with van der Waals surface area (Å²) >= 11 is 0. The Labute approximate surface area is 117 Å². The van der Waals surface area contributed by atoms with Crippen LogP contribution >= 0.6 is 0 Å². The number of benzene rings is 1. The van der Waals surface area contributed by atoms with Crippen LogP contribution in [0.3, 0.4) is 0 Å². The van der Waals surface area contributed by atoms with E-state index in [0.717, 1.165) is 24.2 Å². The normalized spacial score (nSPS) is 14.1. The zero-order valence-electron chi connectivity index (χ0n) is 11.4. The van der Waals surface area contributed by atoms with Crippen molar-refractivity contribution < 1.29 is 13.9 Å². The lowest BCUT2D eigenvalue weighted by atomic mass is 10.2. The molecular weight excluding hydrogens is 254 g/mol. The second kappa shape index (κ2) is 5.41. The number of nitrogens with one attached hydrogen (secondary N) is 1. The molecule has 104 valence electrons. The van der Waals surface area contributed by atoms with Gasteiger partial charge < -0.3 is 14.5 Å². The van der Waals surface area contributed by atoms with E-state index in [1.54, 1.807) is 12.1 Å². The molecule has 1 saturated carbocycles. The van der Waals surface area contributed by atoms with Gasteiger partial charge in [-0.1, -0.05) is 12.1 Å². The average Bonchev–Trinajstić information content (AvgIpc) is 3.11. The van der Waals surface area contributed by atoms with E-state index in [2.05, 4.69) is 5.32 Å². The number of ether oxygens (including phenoxy) is 1. The molecular formula is C16H17NO3. The van der Waals surface area contributed by atoms with E-state index in [1.807, 2.05) is 31.2 Å². The second-order valence-corrected chi connectivity index (χ2v) is 5.12. The molecule has 2 aromatic rings. The van der Waals surface area contributed by atoms with Crippen molar-refractivity contribution >= 4 is 5.91 Å². The molecule has 0 radical (unpaired) electrons. The SMILES string of the molecule is Cc1cccc(OCc2ccc(C(=O)NC3CC3)o2)c1. The van der Waals surface area contributed by atoms with Crippen LogP contribution < -0.4 is 10.1 Å². The molecule has 0 spiro atoms. The predicted molar refractivity (Wildman–Crippen MR) is 74.7 cm³/mol. The largest absolute Gasteiger partial charge is 0.486 e. The third kappa shape index (κ3) is 3.20. The molecule has 4 nitrogen and oxygen atoms in total. The summed E-state index contributed by atoms with van der Waals surface area (Å²) < 4.78 is 11.1. The molecule has 1 aliphatic rings. The molecule has 1 fully saturated rings. The summed E-state index contributed by atoms with van der Waals surface area (Å²) in [4.78, 5) is 11.8. The topological polar surface area (TPSA) is 51.5 Å². The zero-order valence-corrected chi connectivity index (χ0v) is 11.4. The van der Waals surface area contributed by atoms with Gasteiger partial charge in [0.05, 0.1) is 0 Å². The maximum Gasteiger partial charge on any atom is 0.287 e. The fourth-order valence-electron chi connectivity index (χ4n) is 1.92. The van der Waals surface area contributed by atoms with Gasteiger partial charge in [0.1, 0.15) is 18.1 Å². The Kier molecular flexibility index (Phi) is 3.46. The van der Waals surface area contributed by atoms with E-state index >= 15 is 0 Å². The van der Waals surface area contributed by atoms with Crippen molar-refractivity contribution in [2.75, 3.05) is 0 Å². The van der Waals surface area contributed by atoms with Gasteiger partial charge in [-0.05, 0) is 49.6 Å². The monoisotopic (exact) mass is 271 g/mol. The summed E-state index contributed by atoms with van der Waals surface area (Å²) in [7, 11) is 0. The van der Waals surface area contributed by atoms with Gasteiger partial charge >= 0.3 is 0 Å². The molecule has 20 heavy (non-hydrogen) atoms. The standard InChI is InChI=1S/C16H17NO3/c1-11-3-2-4-13(9-11)19-10-14-7-8-15(20-14)16(18)17-12-5-6-12/h2-4,7-9,12H,5-6,10H2,1H3,(H,17,18). The van der Waals surface area contributed by atoms with E-state index < -0.39 is 0 Å². The van der Waals surface area contributed by atoms with Crippen LogP contribution in [0.4, 0.5) is 0 Å². The molecule has 3 rings (SSSR count). The Hall–Kier alpha value is -2.23. The van der Waals surface area contributed by atoms with Crippen LogP contribution in [-0.4, -0.2) is 11.9 Å². The number of carbonyl (C=O) groups is 1. The Balaban J connectivity index is 1.58. The molecule has 1 aromatic carbocycles. The van der Waals surface area contributed by atoms with Crippen molar-refractivity contribution in [3.05, 3.63) is 53.5 Å². The van der Waals surface area contributed by atoms with Crippen molar-refractivity contribution in [3.63, 3.8) is 0 Å². The first-order valence-electron chi connectivity index (χ1n) is 6.80. The lowest BCUT2D eigenvalue weighted by Gasteiger charge is -2.04. The molecule has 4 heteroatoms. The highest BCUT2D eigenvalue weighted by atomic mass is 16.5. The van der Waals surface area contributed by atoms with Crippen molar-refractivity contribution in [1.29, 1.82) is 0 Å². The second-order valence-electron chi connectivity index (χ2n) is 5.12. The maximum atomic E-state index is 11.8. The lowest BCUT2D eigenvalue weighted by Crippen LogP contribution is -2.24. The van der Waals surface area contributed by atoms with Crippen LogP contribution in [0.2, 0.25) is 0 Å². The summed E-state index contributed by atoms with van der Waals surface area (Å²) in [5, 5.41) is 2.89. The van der Waals surface area contributed by atoms with Crippen molar-refractivity contribution in [2.45, 2.75) is 32.4 Å². The van der Waals surface area contributed by atoms with Crippen LogP contribution in [0.15, 0.2) is 40.8 Å². The minimum atomic E-state index is -0.144. The highest BCUT2D eigenvalue weighted by molar-refractivity contribution is 5.91. The van der Waals surface area contributed by atoms with E-state index in [1.165, 1.54) is 0 Å². The molecule has 0 saturated heterocycles. The number of carbonyl (C=O) groups excluding carboxylic acids is 1. The number of rotatable bonds is 5. The molecule has 1 aromatic heterocycles. The molecule has 1 N–H and O–H groups in total. The summed E-state index contributed by atoms with van der Waals surface area (Å²) in [6.07, 6.45) is 2.13. The molecule has 1 heterocycles. The van der Waals surface area contributed by atoms with E-state index in [9.17, 15) is 4.79 Å². The van der Waals surface area contributed by atoms with E-state index in [0.29, 0.717) is 24.2 Å². The number of hydrogen-bond donors (Lipinski definition) is 1. The van der Waals surface area contributed by atoms with Gasteiger partial charge in [0.15, 0.2) is 5.76 Å². The first-order chi connectivity index (χ1) is 9.70. The molecule has 1 aliphatic carbocycles. The van der Waals surface area contributed by atoms with Gasteiger partial charge in [0.25, 0.3) is 5.91 Å². The van der Waals surface area contributed by atoms with E-state index in [4.69, 9.17) is 9.15 Å². The van der Waals surface area contributed by atoms with Crippen LogP contribution in [0.25, 0.3) is 0 Å². The van der Waals surface area contributed by atoms with Crippen LogP contribution in [0.5, 0.6) is 5.75 Å². The van der Waals surface area contributed by atoms with Crippen LogP contribution in [0, 0.1) is 6.92 Å². The number of furan rings is 1. The highest BCUT2D eigenvalue weighted by Gasteiger charge is 2.25. The highest BCUT2D eigenvalue weighted by Crippen LogP contribution is 2.20. The van der Waals surface area contributed by atoms with Gasteiger partial charge in [0.2, 0.25) is 0 Å². The smallest absolute Gasteiger partial charge is 0.287 e. The van der Waals surface area contributed by atoms with Gasteiger partial charge in [-0.2, -0.15) is 0 Å². The fourth-order valence-corrected chi connectivity index (χ4v) is 1.92. The van der Waals surface area contributed by atoms with E-state index in [-0.39, 0.29) is 5.91 Å². The van der Waals surface area contributed by atoms with Gasteiger partial charge in [-0.25, -0.2) is 0 Å². The van der Waals surface area contributed by atoms with Crippen LogP contribution in [-0.2, 0) is 6.61 Å². The summed E-state index contributed by atoms with van der Waals surface area (Å²) in [5.41, 5.74) is 1.14. The number of hydrogen-bond acceptors (Lipinski definition) is 3. The minimum absolute atomic E-state index is 0.144. The van der Waals surface area contributed by atoms with Gasteiger partial charge in [0, 0.05) is 6.04 Å². The van der Waals surface area contributed by atoms with Gasteiger partial charge in [-0.3, -0.25) is 4.79 Å². The third-order valence-corrected chi connectivity index (χ3v) is 3.17. The summed E-state index contributed by atoms with van der Waals surface area (Å²) in [6, 6.07) is 11.6. The van der Waals surface area contributed by atoms with Crippen molar-refractivity contribution in [2.24, 2.45) is 0 Å². The summed E-state index contributed by atoms with van der Waals surface area (Å²) in [6.45, 7) is 2.33. The van der Waals surface area contributed by atoms with Gasteiger partial charge in [-0.15, -0.1) is 0 Å². The molecule has 0 aliphatic heterocycles. The zero-order chi connectivity index (χ0) is 13.9. The predicted octanol–water partition coefficient (Wildman–Crippen LogP) is 3.06. The number of amides is 1. The third-order valence-electron chi connectivity index (χ3n) is 3.17. The average molecular weight is 271 g/mol.